The van der Waals surface area contributed by atoms with Crippen LogP contribution >= 0.6 is 0 Å². The van der Waals surface area contributed by atoms with Crippen LogP contribution < -0.4 is 4.18 Å². The van der Waals surface area contributed by atoms with Crippen LogP contribution in [0, 0.1) is 0 Å². The highest BCUT2D eigenvalue weighted by Crippen LogP contribution is 2.30. The second kappa shape index (κ2) is 3.70. The highest BCUT2D eigenvalue weighted by atomic mass is 32.3. The van der Waals surface area contributed by atoms with Crippen LogP contribution in [0.25, 0.3) is 0 Å². The van der Waals surface area contributed by atoms with Gasteiger partial charge in [0, 0.05) is 0 Å². The quantitative estimate of drug-likeness (QED) is 0.804. The first kappa shape index (κ1) is 11.8. The summed E-state index contributed by atoms with van der Waals surface area (Å²) in [6.45, 7) is 0. The monoisotopic (exact) mass is 242 g/mol. The van der Waals surface area contributed by atoms with E-state index in [-0.39, 0.29) is 0 Å². The Morgan fingerprint density at radius 3 is 1.93 bits per heavy atom. The highest BCUT2D eigenvalue weighted by Gasteiger charge is 2.30. The minimum Gasteiger partial charge on any atom is -0.362 e. The van der Waals surface area contributed by atoms with Gasteiger partial charge in [0.25, 0.3) is 0 Å². The Kier molecular flexibility index (Phi) is 2.91. The third-order valence-electron chi connectivity index (χ3n) is 1.38. The number of hydrogen-bond donors (Lipinski definition) is 1. The third kappa shape index (κ3) is 3.76. The van der Waals surface area contributed by atoms with Gasteiger partial charge in [0.2, 0.25) is 0 Å². The molecular formula is C7H5F3O4S. The van der Waals surface area contributed by atoms with Crippen LogP contribution in [0.1, 0.15) is 5.56 Å². The van der Waals surface area contributed by atoms with Crippen LogP contribution in [0.4, 0.5) is 13.2 Å². The Morgan fingerprint density at radius 1 is 1.13 bits per heavy atom. The fraction of sp³-hybridized carbons (Fsp3) is 0.143. The van der Waals surface area contributed by atoms with E-state index in [2.05, 4.69) is 4.18 Å². The molecule has 0 bridgehead atoms. The smallest absolute Gasteiger partial charge is 0.362 e. The molecule has 1 aromatic rings. The summed E-state index contributed by atoms with van der Waals surface area (Å²) in [5, 5.41) is 0. The van der Waals surface area contributed by atoms with Gasteiger partial charge in [-0.1, -0.05) is 0 Å². The molecule has 1 N–H and O–H groups in total. The summed E-state index contributed by atoms with van der Waals surface area (Å²) in [6, 6.07) is 2.86. The number of rotatable bonds is 2. The first-order valence-corrected chi connectivity index (χ1v) is 4.89. The van der Waals surface area contributed by atoms with E-state index in [0.717, 1.165) is 12.1 Å². The average Bonchev–Trinajstić information content (AvgIpc) is 2.00. The van der Waals surface area contributed by atoms with Crippen molar-refractivity contribution in [2.45, 2.75) is 6.18 Å². The molecule has 84 valence electrons. The zero-order chi connectivity index (χ0) is 11.7. The fourth-order valence-corrected chi connectivity index (χ4v) is 1.18. The maximum absolute atomic E-state index is 12.0. The average molecular weight is 242 g/mol. The number of benzene rings is 1. The van der Waals surface area contributed by atoms with Crippen molar-refractivity contribution < 1.29 is 30.3 Å². The summed E-state index contributed by atoms with van der Waals surface area (Å²) in [5.74, 6) is -0.398. The van der Waals surface area contributed by atoms with Gasteiger partial charge in [-0.15, -0.1) is 0 Å². The van der Waals surface area contributed by atoms with Crippen LogP contribution in [0.3, 0.4) is 0 Å². The lowest BCUT2D eigenvalue weighted by Gasteiger charge is -2.06. The van der Waals surface area contributed by atoms with E-state index in [4.69, 9.17) is 4.55 Å². The molecule has 8 heteroatoms. The van der Waals surface area contributed by atoms with Crippen molar-refractivity contribution in [3.63, 3.8) is 0 Å². The Balaban J connectivity index is 2.91. The molecule has 0 amide bonds. The van der Waals surface area contributed by atoms with Gasteiger partial charge in [0.1, 0.15) is 5.75 Å². The van der Waals surface area contributed by atoms with Gasteiger partial charge < -0.3 is 4.18 Å². The Hall–Kier alpha value is -1.28. The zero-order valence-electron chi connectivity index (χ0n) is 7.02. The second-order valence-corrected chi connectivity index (χ2v) is 3.56. The van der Waals surface area contributed by atoms with E-state index < -0.39 is 27.9 Å². The van der Waals surface area contributed by atoms with Gasteiger partial charge in [-0.05, 0) is 24.3 Å². The third-order valence-corrected chi connectivity index (χ3v) is 1.79. The van der Waals surface area contributed by atoms with E-state index in [1.54, 1.807) is 0 Å². The summed E-state index contributed by atoms with van der Waals surface area (Å²) < 4.78 is 68.7. The maximum atomic E-state index is 12.0. The van der Waals surface area contributed by atoms with Crippen molar-refractivity contribution in [2.24, 2.45) is 0 Å². The van der Waals surface area contributed by atoms with Crippen molar-refractivity contribution >= 4 is 10.4 Å². The van der Waals surface area contributed by atoms with Gasteiger partial charge in [-0.25, -0.2) is 0 Å². The summed E-state index contributed by atoms with van der Waals surface area (Å²) >= 11 is 0. The molecule has 4 nitrogen and oxygen atoms in total. The highest BCUT2D eigenvalue weighted by molar-refractivity contribution is 7.81. The lowest BCUT2D eigenvalue weighted by Crippen LogP contribution is -2.08. The number of alkyl halides is 3. The Bertz CT molecular complexity index is 434. The number of hydrogen-bond acceptors (Lipinski definition) is 3. The van der Waals surface area contributed by atoms with Crippen molar-refractivity contribution in [3.8, 4) is 5.75 Å². The second-order valence-electron chi connectivity index (χ2n) is 2.53. The molecule has 0 heterocycles. The fourth-order valence-electron chi connectivity index (χ4n) is 0.821. The van der Waals surface area contributed by atoms with Crippen molar-refractivity contribution in [1.29, 1.82) is 0 Å². The maximum Gasteiger partial charge on any atom is 0.446 e. The molecule has 1 aromatic carbocycles. The first-order valence-electron chi connectivity index (χ1n) is 3.53. The van der Waals surface area contributed by atoms with Crippen molar-refractivity contribution in [2.75, 3.05) is 0 Å². The summed E-state index contributed by atoms with van der Waals surface area (Å²) in [7, 11) is -4.71. The SMILES string of the molecule is O=S(=O)(O)Oc1ccc(C(F)(F)F)cc1. The number of halogens is 3. The molecule has 0 saturated carbocycles. The Morgan fingerprint density at radius 2 is 1.60 bits per heavy atom. The first-order chi connectivity index (χ1) is 6.68. The van der Waals surface area contributed by atoms with Gasteiger partial charge in [0.15, 0.2) is 0 Å². The normalized spacial score (nSPS) is 12.5. The molecule has 0 radical (unpaired) electrons. The predicted octanol–water partition coefficient (Wildman–Crippen LogP) is 1.89. The van der Waals surface area contributed by atoms with Gasteiger partial charge in [0.05, 0.1) is 5.56 Å². The lowest BCUT2D eigenvalue weighted by molar-refractivity contribution is -0.137. The molecule has 0 aromatic heterocycles. The van der Waals surface area contributed by atoms with Crippen LogP contribution in [0.2, 0.25) is 0 Å². The van der Waals surface area contributed by atoms with Gasteiger partial charge in [-0.3, -0.25) is 4.55 Å². The van der Waals surface area contributed by atoms with E-state index in [9.17, 15) is 21.6 Å². The summed E-state index contributed by atoms with van der Waals surface area (Å²) in [4.78, 5) is 0. The van der Waals surface area contributed by atoms with Crippen LogP contribution in [-0.4, -0.2) is 13.0 Å². The molecule has 0 saturated heterocycles. The minimum absolute atomic E-state index is 0.398. The molecular weight excluding hydrogens is 237 g/mol. The van der Waals surface area contributed by atoms with E-state index >= 15 is 0 Å². The van der Waals surface area contributed by atoms with Crippen LogP contribution in [0.15, 0.2) is 24.3 Å². The van der Waals surface area contributed by atoms with E-state index in [1.807, 2.05) is 0 Å². The molecule has 0 spiro atoms. The standard InChI is InChI=1S/C7H5F3O4S/c8-7(9,10)5-1-3-6(4-2-5)14-15(11,12)13/h1-4H,(H,11,12,13). The van der Waals surface area contributed by atoms with Crippen LogP contribution in [-0.2, 0) is 16.6 Å². The van der Waals surface area contributed by atoms with Crippen molar-refractivity contribution in [1.82, 2.24) is 0 Å². The summed E-state index contributed by atoms with van der Waals surface area (Å²) in [5.41, 5.74) is -0.940. The molecule has 0 fully saturated rings. The molecule has 0 atom stereocenters. The molecule has 0 unspecified atom stereocenters. The lowest BCUT2D eigenvalue weighted by atomic mass is 10.2. The molecule has 0 aliphatic rings. The van der Waals surface area contributed by atoms with E-state index in [0.29, 0.717) is 12.1 Å². The minimum atomic E-state index is -4.71. The van der Waals surface area contributed by atoms with Gasteiger partial charge >= 0.3 is 16.6 Å². The molecule has 0 aliphatic heterocycles. The molecule has 0 aliphatic carbocycles. The zero-order valence-corrected chi connectivity index (χ0v) is 7.84. The Labute approximate surface area is 83.2 Å². The van der Waals surface area contributed by atoms with Crippen molar-refractivity contribution in [3.05, 3.63) is 29.8 Å². The topological polar surface area (TPSA) is 63.6 Å². The molecule has 15 heavy (non-hydrogen) atoms. The molecule has 1 rings (SSSR count). The largest absolute Gasteiger partial charge is 0.446 e. The van der Waals surface area contributed by atoms with Crippen LogP contribution in [0.5, 0.6) is 5.75 Å². The summed E-state index contributed by atoms with van der Waals surface area (Å²) in [6.07, 6.45) is -4.50. The van der Waals surface area contributed by atoms with Gasteiger partial charge in [-0.2, -0.15) is 21.6 Å². The predicted molar refractivity (Wildman–Crippen MR) is 43.6 cm³/mol. The van der Waals surface area contributed by atoms with E-state index in [1.165, 1.54) is 0 Å².